The maximum Gasteiger partial charge on any atom is 0.255 e. The summed E-state index contributed by atoms with van der Waals surface area (Å²) in [6, 6.07) is 10.3. The van der Waals surface area contributed by atoms with Crippen molar-refractivity contribution < 1.29 is 28.6 Å². The predicted octanol–water partition coefficient (Wildman–Crippen LogP) is 3.17. The van der Waals surface area contributed by atoms with Gasteiger partial charge in [-0.15, -0.1) is 0 Å². The predicted molar refractivity (Wildman–Crippen MR) is 116 cm³/mol. The molecule has 32 heavy (non-hydrogen) atoms. The molecule has 2 aliphatic heterocycles. The molecule has 2 aromatic carbocycles. The van der Waals surface area contributed by atoms with Crippen LogP contribution in [0.5, 0.6) is 0 Å². The summed E-state index contributed by atoms with van der Waals surface area (Å²) in [5.41, 5.74) is 1.56. The van der Waals surface area contributed by atoms with Crippen molar-refractivity contribution in [3.63, 3.8) is 0 Å². The highest BCUT2D eigenvalue weighted by atomic mass is 35.5. The number of carbonyl (C=O) groups is 2. The van der Waals surface area contributed by atoms with Gasteiger partial charge in [0.05, 0.1) is 17.7 Å². The Labute approximate surface area is 190 Å². The van der Waals surface area contributed by atoms with Crippen LogP contribution in [0.2, 0.25) is 5.02 Å². The number of halogens is 2. The zero-order valence-corrected chi connectivity index (χ0v) is 18.1. The van der Waals surface area contributed by atoms with Gasteiger partial charge in [0.15, 0.2) is 0 Å². The van der Waals surface area contributed by atoms with E-state index in [1.54, 1.807) is 29.2 Å². The molecule has 0 aromatic heterocycles. The van der Waals surface area contributed by atoms with Crippen molar-refractivity contribution in [2.24, 2.45) is 0 Å². The number of aliphatic hydroxyl groups is 1. The third-order valence-electron chi connectivity index (χ3n) is 5.83. The fraction of sp³-hybridized carbons (Fsp3) is 0.391. The van der Waals surface area contributed by atoms with Gasteiger partial charge in [-0.25, -0.2) is 4.39 Å². The Morgan fingerprint density at radius 3 is 2.56 bits per heavy atom. The van der Waals surface area contributed by atoms with Gasteiger partial charge < -0.3 is 24.8 Å². The summed E-state index contributed by atoms with van der Waals surface area (Å²) >= 11 is 5.75. The van der Waals surface area contributed by atoms with Crippen LogP contribution < -0.4 is 5.32 Å². The molecule has 2 amide bonds. The van der Waals surface area contributed by atoms with Crippen LogP contribution in [0, 0.1) is 5.82 Å². The molecule has 2 fully saturated rings. The minimum atomic E-state index is -0.591. The Morgan fingerprint density at radius 1 is 1.19 bits per heavy atom. The first-order valence-electron chi connectivity index (χ1n) is 10.5. The first-order valence-corrected chi connectivity index (χ1v) is 10.8. The van der Waals surface area contributed by atoms with Gasteiger partial charge in [-0.05, 0) is 48.7 Å². The van der Waals surface area contributed by atoms with E-state index in [9.17, 15) is 19.1 Å². The van der Waals surface area contributed by atoms with E-state index in [2.05, 4.69) is 5.32 Å². The van der Waals surface area contributed by atoms with Crippen LogP contribution in [0.25, 0.3) is 0 Å². The molecule has 2 aromatic rings. The molecule has 0 aliphatic carbocycles. The lowest BCUT2D eigenvalue weighted by Crippen LogP contribution is -2.57. The van der Waals surface area contributed by atoms with Gasteiger partial charge in [-0.3, -0.25) is 9.59 Å². The molecular formula is C23H24ClFN2O5. The number of amides is 2. The summed E-state index contributed by atoms with van der Waals surface area (Å²) in [4.78, 5) is 26.7. The molecular weight excluding hydrogens is 439 g/mol. The van der Waals surface area contributed by atoms with Crippen LogP contribution >= 0.6 is 11.6 Å². The number of ether oxygens (including phenoxy) is 2. The highest BCUT2D eigenvalue weighted by Gasteiger charge is 2.41. The highest BCUT2D eigenvalue weighted by Crippen LogP contribution is 2.33. The van der Waals surface area contributed by atoms with Crippen molar-refractivity contribution >= 4 is 29.1 Å². The molecule has 9 heteroatoms. The largest absolute Gasteiger partial charge is 0.394 e. The van der Waals surface area contributed by atoms with E-state index >= 15 is 0 Å². The lowest BCUT2D eigenvalue weighted by molar-refractivity contribution is -0.168. The van der Waals surface area contributed by atoms with E-state index in [1.165, 1.54) is 12.1 Å². The standard InChI is InChI=1S/C23H24ClFN2O5/c24-18-11-15(3-6-19(18)25)23(30)26-16-4-1-14(2-5-16)22-20(12-28)27(21(29)13-32-22)17-7-9-31-10-8-17/h1-6,11,17,20,22,28H,7-10,12-13H2,(H,26,30). The Morgan fingerprint density at radius 2 is 1.91 bits per heavy atom. The number of carbonyl (C=O) groups excluding carboxylic acids is 2. The number of rotatable bonds is 5. The van der Waals surface area contributed by atoms with E-state index in [4.69, 9.17) is 21.1 Å². The van der Waals surface area contributed by atoms with Crippen molar-refractivity contribution in [1.82, 2.24) is 4.90 Å². The number of nitrogens with zero attached hydrogens (tertiary/aromatic N) is 1. The number of hydrogen-bond acceptors (Lipinski definition) is 5. The summed E-state index contributed by atoms with van der Waals surface area (Å²) < 4.78 is 24.5. The van der Waals surface area contributed by atoms with Crippen LogP contribution in [0.15, 0.2) is 42.5 Å². The van der Waals surface area contributed by atoms with Crippen LogP contribution in [0.4, 0.5) is 10.1 Å². The van der Waals surface area contributed by atoms with Crippen LogP contribution in [-0.4, -0.2) is 60.3 Å². The second-order valence-electron chi connectivity index (χ2n) is 7.83. The maximum atomic E-state index is 13.3. The molecule has 7 nitrogen and oxygen atoms in total. The normalized spacial score (nSPS) is 22.1. The summed E-state index contributed by atoms with van der Waals surface area (Å²) in [5, 5.41) is 12.7. The topological polar surface area (TPSA) is 88.1 Å². The smallest absolute Gasteiger partial charge is 0.255 e. The summed E-state index contributed by atoms with van der Waals surface area (Å²) in [6.07, 6.45) is 0.974. The number of hydrogen-bond donors (Lipinski definition) is 2. The molecule has 2 heterocycles. The first kappa shape index (κ1) is 22.7. The van der Waals surface area contributed by atoms with E-state index in [1.807, 2.05) is 0 Å². The average Bonchev–Trinajstić information content (AvgIpc) is 2.81. The molecule has 2 aliphatic rings. The molecule has 2 unspecified atom stereocenters. The number of aliphatic hydroxyl groups excluding tert-OH is 1. The number of morpholine rings is 1. The van der Waals surface area contributed by atoms with Crippen molar-refractivity contribution in [2.45, 2.75) is 31.0 Å². The lowest BCUT2D eigenvalue weighted by atomic mass is 9.95. The Balaban J connectivity index is 1.48. The van der Waals surface area contributed by atoms with Crippen molar-refractivity contribution in [1.29, 1.82) is 0 Å². The fourth-order valence-corrected chi connectivity index (χ4v) is 4.39. The SMILES string of the molecule is O=C(Nc1ccc(C2OCC(=O)N(C3CCOCC3)C2CO)cc1)c1ccc(F)c(Cl)c1. The quantitative estimate of drug-likeness (QED) is 0.712. The van der Waals surface area contributed by atoms with Gasteiger partial charge in [0.25, 0.3) is 5.91 Å². The molecule has 170 valence electrons. The molecule has 0 bridgehead atoms. The van der Waals surface area contributed by atoms with Crippen molar-refractivity contribution in [3.8, 4) is 0 Å². The molecule has 2 saturated heterocycles. The number of anilines is 1. The zero-order valence-electron chi connectivity index (χ0n) is 17.3. The van der Waals surface area contributed by atoms with Crippen molar-refractivity contribution in [3.05, 3.63) is 64.4 Å². The third-order valence-corrected chi connectivity index (χ3v) is 6.12. The number of nitrogens with one attached hydrogen (secondary N) is 1. The third kappa shape index (κ3) is 4.78. The summed E-state index contributed by atoms with van der Waals surface area (Å²) in [7, 11) is 0. The zero-order chi connectivity index (χ0) is 22.7. The second kappa shape index (κ2) is 9.95. The van der Waals surface area contributed by atoms with Crippen LogP contribution in [-0.2, 0) is 14.3 Å². The van der Waals surface area contributed by atoms with E-state index in [-0.39, 0.29) is 35.7 Å². The molecule has 0 radical (unpaired) electrons. The van der Waals surface area contributed by atoms with Gasteiger partial charge in [0.2, 0.25) is 5.91 Å². The molecule has 0 spiro atoms. The Hall–Kier alpha value is -2.52. The van der Waals surface area contributed by atoms with Crippen LogP contribution in [0.1, 0.15) is 34.9 Å². The highest BCUT2D eigenvalue weighted by molar-refractivity contribution is 6.31. The average molecular weight is 463 g/mol. The Bertz CT molecular complexity index is 981. The molecule has 2 N–H and O–H groups in total. The van der Waals surface area contributed by atoms with Gasteiger partial charge in [-0.2, -0.15) is 0 Å². The second-order valence-corrected chi connectivity index (χ2v) is 8.24. The van der Waals surface area contributed by atoms with Gasteiger partial charge in [0.1, 0.15) is 18.5 Å². The van der Waals surface area contributed by atoms with Gasteiger partial charge >= 0.3 is 0 Å². The summed E-state index contributed by atoms with van der Waals surface area (Å²) in [6.45, 7) is 0.900. The first-order chi connectivity index (χ1) is 15.5. The van der Waals surface area contributed by atoms with Gasteiger partial charge in [-0.1, -0.05) is 23.7 Å². The van der Waals surface area contributed by atoms with E-state index < -0.39 is 23.9 Å². The fourth-order valence-electron chi connectivity index (χ4n) is 4.21. The summed E-state index contributed by atoms with van der Waals surface area (Å²) in [5.74, 6) is -1.14. The monoisotopic (exact) mass is 462 g/mol. The van der Waals surface area contributed by atoms with Crippen LogP contribution in [0.3, 0.4) is 0 Å². The van der Waals surface area contributed by atoms with Gasteiger partial charge in [0, 0.05) is 30.5 Å². The Kier molecular flexibility index (Phi) is 7.05. The molecule has 4 rings (SSSR count). The van der Waals surface area contributed by atoms with E-state index in [0.717, 1.165) is 24.5 Å². The van der Waals surface area contributed by atoms with E-state index in [0.29, 0.717) is 18.9 Å². The minimum absolute atomic E-state index is 0.0147. The minimum Gasteiger partial charge on any atom is -0.394 e. The molecule has 0 saturated carbocycles. The number of benzene rings is 2. The molecule has 2 atom stereocenters. The lowest BCUT2D eigenvalue weighted by Gasteiger charge is -2.45. The van der Waals surface area contributed by atoms with Crippen molar-refractivity contribution in [2.75, 3.05) is 31.7 Å². The maximum absolute atomic E-state index is 13.3.